The van der Waals surface area contributed by atoms with E-state index >= 15 is 0 Å². The second kappa shape index (κ2) is 23.8. The second-order valence-electron chi connectivity index (χ2n) is 10.1. The van der Waals surface area contributed by atoms with Gasteiger partial charge in [-0.05, 0) is 35.8 Å². The molecule has 2 nitrogen and oxygen atoms in total. The number of nitrogens with zero attached hydrogens (tertiary/aromatic N) is 2. The number of benzene rings is 2. The summed E-state index contributed by atoms with van der Waals surface area (Å²) < 4.78 is 1.19. The molecule has 39 heavy (non-hydrogen) atoms. The van der Waals surface area contributed by atoms with Crippen molar-refractivity contribution in [2.75, 3.05) is 13.1 Å². The van der Waals surface area contributed by atoms with Crippen molar-refractivity contribution in [3.63, 3.8) is 0 Å². The molecule has 0 spiro atoms. The van der Waals surface area contributed by atoms with Crippen molar-refractivity contribution < 1.29 is 16.8 Å². The molecular weight excluding hydrogens is 600 g/mol. The fourth-order valence-corrected chi connectivity index (χ4v) is 5.03. The fraction of sp³-hybridized carbons (Fsp3) is 0.562. The van der Waals surface area contributed by atoms with Gasteiger partial charge in [-0.1, -0.05) is 136 Å². The molecule has 0 fully saturated rings. The van der Waals surface area contributed by atoms with Crippen molar-refractivity contribution in [1.29, 1.82) is 0 Å². The third-order valence-corrected chi connectivity index (χ3v) is 8.03. The Morgan fingerprint density at radius 3 is 1.23 bits per heavy atom. The van der Waals surface area contributed by atoms with Gasteiger partial charge in [0.2, 0.25) is 0 Å². The monoisotopic (exact) mass is 647 g/mol. The number of hydrogen-bond acceptors (Lipinski definition) is 4. The number of rotatable bonds is 16. The standard InChI is InChI=1S/2C16H25NS2.Co/c2*1-3-5-9-14(4-2)12-17(16(18)19)13-15-10-7-6-8-11-15;/h2*6-8,10-11,14H,3-5,9,12-13H2,1-2H3,(H,18,19);/q;;+2/p-2. The Bertz CT molecular complexity index is 809. The molecule has 0 aliphatic rings. The van der Waals surface area contributed by atoms with Crippen molar-refractivity contribution in [3.05, 3.63) is 71.8 Å². The van der Waals surface area contributed by atoms with Gasteiger partial charge < -0.3 is 59.5 Å². The van der Waals surface area contributed by atoms with E-state index in [0.717, 1.165) is 26.2 Å². The summed E-state index contributed by atoms with van der Waals surface area (Å²) in [5.74, 6) is 1.40. The van der Waals surface area contributed by atoms with Crippen LogP contribution in [0.25, 0.3) is 0 Å². The van der Waals surface area contributed by atoms with Crippen molar-refractivity contribution in [2.45, 2.75) is 92.2 Å². The van der Waals surface area contributed by atoms with Gasteiger partial charge in [-0.2, -0.15) is 0 Å². The molecule has 0 aliphatic carbocycles. The maximum absolute atomic E-state index is 5.24. The first-order valence-corrected chi connectivity index (χ1v) is 16.0. The van der Waals surface area contributed by atoms with E-state index in [2.05, 4.69) is 86.0 Å². The normalized spacial score (nSPS) is 11.8. The average molecular weight is 648 g/mol. The molecule has 2 unspecified atom stereocenters. The Labute approximate surface area is 272 Å². The molecule has 0 saturated carbocycles. The zero-order valence-corrected chi connectivity index (χ0v) is 28.6. The second-order valence-corrected chi connectivity index (χ2v) is 12.2. The number of thiocarbonyl (C=S) groups is 2. The van der Waals surface area contributed by atoms with Crippen LogP contribution >= 0.6 is 24.4 Å². The van der Waals surface area contributed by atoms with Crippen LogP contribution in [-0.4, -0.2) is 31.5 Å². The molecule has 1 radical (unpaired) electrons. The molecule has 0 bridgehead atoms. The molecule has 0 N–H and O–H groups in total. The van der Waals surface area contributed by atoms with Gasteiger partial charge in [0, 0.05) is 26.2 Å². The summed E-state index contributed by atoms with van der Waals surface area (Å²) >= 11 is 20.9. The quantitative estimate of drug-likeness (QED) is 0.132. The summed E-state index contributed by atoms with van der Waals surface area (Å²) in [7, 11) is 0. The van der Waals surface area contributed by atoms with Gasteiger partial charge in [0.05, 0.1) is 0 Å². The minimum absolute atomic E-state index is 0. The van der Waals surface area contributed by atoms with E-state index < -0.39 is 0 Å². The van der Waals surface area contributed by atoms with Crippen LogP contribution in [0.1, 0.15) is 90.2 Å². The molecule has 2 atom stereocenters. The first kappa shape index (κ1) is 38.2. The molecule has 0 saturated heterocycles. The van der Waals surface area contributed by atoms with Crippen LogP contribution in [-0.2, 0) is 55.1 Å². The smallest absolute Gasteiger partial charge is 0.411 e. The number of unbranched alkanes of at least 4 members (excludes halogenated alkanes) is 2. The summed E-state index contributed by atoms with van der Waals surface area (Å²) in [6, 6.07) is 20.9. The average Bonchev–Trinajstić information content (AvgIpc) is 2.93. The summed E-state index contributed by atoms with van der Waals surface area (Å²) in [5, 5.41) is 0. The summed E-state index contributed by atoms with van der Waals surface area (Å²) in [4.78, 5) is 4.34. The zero-order chi connectivity index (χ0) is 28.2. The van der Waals surface area contributed by atoms with Gasteiger partial charge in [0.15, 0.2) is 0 Å². The number of hydrogen-bond donors (Lipinski definition) is 0. The van der Waals surface area contributed by atoms with Gasteiger partial charge in [-0.15, -0.1) is 0 Å². The van der Waals surface area contributed by atoms with Crippen LogP contribution < -0.4 is 0 Å². The topological polar surface area (TPSA) is 6.48 Å². The largest absolute Gasteiger partial charge is 2.00 e. The molecule has 2 aromatic carbocycles. The van der Waals surface area contributed by atoms with Gasteiger partial charge >= 0.3 is 16.8 Å². The SMILES string of the molecule is CCCCC(CC)CN(Cc1ccccc1)C(=S)[S-].CCCCC(CC)CN(Cc1ccccc1)C(=S)[S-].[Co+2]. The fourth-order valence-electron chi connectivity index (χ4n) is 4.47. The van der Waals surface area contributed by atoms with Gasteiger partial charge in [0.1, 0.15) is 0 Å². The van der Waals surface area contributed by atoms with Crippen molar-refractivity contribution in [1.82, 2.24) is 9.80 Å². The molecular formula is C32H48CoN2S4. The molecule has 2 rings (SSSR count). The Kier molecular flexibility index (Phi) is 23.3. The first-order chi connectivity index (χ1) is 18.3. The predicted octanol–water partition coefficient (Wildman–Crippen LogP) is 9.07. The molecule has 219 valence electrons. The van der Waals surface area contributed by atoms with Gasteiger partial charge in [-0.3, -0.25) is 0 Å². The molecule has 0 aliphatic heterocycles. The molecule has 0 amide bonds. The summed E-state index contributed by atoms with van der Waals surface area (Å²) in [6.07, 6.45) is 10.0. The van der Waals surface area contributed by atoms with E-state index in [9.17, 15) is 0 Å². The van der Waals surface area contributed by atoms with E-state index in [1.165, 1.54) is 62.5 Å². The molecule has 0 aromatic heterocycles. The van der Waals surface area contributed by atoms with E-state index in [1.54, 1.807) is 0 Å². The van der Waals surface area contributed by atoms with Crippen molar-refractivity contribution in [2.24, 2.45) is 11.8 Å². The maximum atomic E-state index is 5.24. The minimum Gasteiger partial charge on any atom is -0.411 e. The Morgan fingerprint density at radius 2 is 0.974 bits per heavy atom. The van der Waals surface area contributed by atoms with Crippen LogP contribution in [0.5, 0.6) is 0 Å². The molecule has 7 heteroatoms. The van der Waals surface area contributed by atoms with Crippen LogP contribution in [0.2, 0.25) is 0 Å². The minimum atomic E-state index is 0. The Morgan fingerprint density at radius 1 is 0.641 bits per heavy atom. The van der Waals surface area contributed by atoms with Crippen LogP contribution in [0, 0.1) is 11.8 Å². The third-order valence-electron chi connectivity index (χ3n) is 6.99. The summed E-state index contributed by atoms with van der Waals surface area (Å²) in [6.45, 7) is 12.7. The first-order valence-electron chi connectivity index (χ1n) is 14.3. The third kappa shape index (κ3) is 17.6. The van der Waals surface area contributed by atoms with E-state index in [-0.39, 0.29) is 16.8 Å². The summed E-state index contributed by atoms with van der Waals surface area (Å²) in [5.41, 5.74) is 2.56. The van der Waals surface area contributed by atoms with Crippen LogP contribution in [0.15, 0.2) is 60.7 Å². The van der Waals surface area contributed by atoms with Crippen LogP contribution in [0.3, 0.4) is 0 Å². The Hall–Kier alpha value is -0.834. The van der Waals surface area contributed by atoms with Crippen LogP contribution in [0.4, 0.5) is 0 Å². The predicted molar refractivity (Wildman–Crippen MR) is 180 cm³/mol. The molecule has 2 aromatic rings. The Balaban J connectivity index is 0.000000722. The van der Waals surface area contributed by atoms with Crippen molar-refractivity contribution in [3.8, 4) is 0 Å². The van der Waals surface area contributed by atoms with E-state index in [1.807, 2.05) is 12.1 Å². The maximum Gasteiger partial charge on any atom is 2.00 e. The van der Waals surface area contributed by atoms with E-state index in [0.29, 0.717) is 20.5 Å². The van der Waals surface area contributed by atoms with Gasteiger partial charge in [-0.25, -0.2) is 0 Å². The zero-order valence-electron chi connectivity index (χ0n) is 24.3. The molecule has 0 heterocycles. The van der Waals surface area contributed by atoms with Crippen molar-refractivity contribution >= 4 is 58.3 Å². The van der Waals surface area contributed by atoms with E-state index in [4.69, 9.17) is 49.7 Å². The van der Waals surface area contributed by atoms with Gasteiger partial charge in [0.25, 0.3) is 0 Å².